The number of hydrogen-bond acceptors (Lipinski definition) is 15. The number of rotatable bonds is 37. The standard InChI is InChI=1S/C46H86O15/c1-3-5-7-9-11-13-14-15-16-17-18-19-21-22-24-26-28-37(48)56-31-34(59-38(49)29-27-25-23-20-12-10-8-6-4-2)32-57-45-44(55)42(53)40(51)36(61-45)33-58-46-43(54)41(52)39(50)35(30-47)60-46/h34-36,39-47,50-55H,3-33H2,1-2H3/t34-,35+,36+,39-,40-,41?,42?,43?,44?,45+,46+/m0/s1. The number of carbonyl (C=O) groups excluding carboxylic acids is 2. The fourth-order valence-electron chi connectivity index (χ4n) is 7.81. The van der Waals surface area contributed by atoms with E-state index < -0.39 is 92.7 Å². The third kappa shape index (κ3) is 23.8. The quantitative estimate of drug-likeness (QED) is 0.0295. The van der Waals surface area contributed by atoms with Crippen molar-refractivity contribution in [1.82, 2.24) is 0 Å². The average Bonchev–Trinajstić information content (AvgIpc) is 3.25. The summed E-state index contributed by atoms with van der Waals surface area (Å²) in [4.78, 5) is 25.6. The maximum atomic E-state index is 12.9. The van der Waals surface area contributed by atoms with Crippen LogP contribution in [-0.4, -0.2) is 142 Å². The zero-order chi connectivity index (χ0) is 44.7. The van der Waals surface area contributed by atoms with Gasteiger partial charge < -0.3 is 64.2 Å². The Morgan fingerprint density at radius 1 is 0.459 bits per heavy atom. The van der Waals surface area contributed by atoms with Crippen molar-refractivity contribution in [1.29, 1.82) is 0 Å². The van der Waals surface area contributed by atoms with Gasteiger partial charge in [-0.3, -0.25) is 9.59 Å². The van der Waals surface area contributed by atoms with E-state index in [2.05, 4.69) is 13.8 Å². The van der Waals surface area contributed by atoms with Gasteiger partial charge in [-0.2, -0.15) is 0 Å². The molecule has 0 saturated carbocycles. The summed E-state index contributed by atoms with van der Waals surface area (Å²) in [7, 11) is 0. The summed E-state index contributed by atoms with van der Waals surface area (Å²) in [5.74, 6) is -0.917. The van der Waals surface area contributed by atoms with Crippen molar-refractivity contribution in [3.63, 3.8) is 0 Å². The molecular weight excluding hydrogens is 792 g/mol. The Bertz CT molecular complexity index is 1080. The lowest BCUT2D eigenvalue weighted by molar-refractivity contribution is -0.332. The number of aliphatic hydroxyl groups is 7. The molecule has 360 valence electrons. The highest BCUT2D eigenvalue weighted by Gasteiger charge is 2.47. The highest BCUT2D eigenvalue weighted by molar-refractivity contribution is 5.70. The second-order valence-corrected chi connectivity index (χ2v) is 17.3. The van der Waals surface area contributed by atoms with Gasteiger partial charge in [-0.1, -0.05) is 162 Å². The fourth-order valence-corrected chi connectivity index (χ4v) is 7.81. The van der Waals surface area contributed by atoms with Gasteiger partial charge in [0, 0.05) is 12.8 Å². The van der Waals surface area contributed by atoms with Gasteiger partial charge in [-0.05, 0) is 12.8 Å². The summed E-state index contributed by atoms with van der Waals surface area (Å²) in [5, 5.41) is 71.8. The van der Waals surface area contributed by atoms with Crippen molar-refractivity contribution in [2.45, 2.75) is 255 Å². The minimum Gasteiger partial charge on any atom is -0.462 e. The van der Waals surface area contributed by atoms with E-state index in [1.54, 1.807) is 0 Å². The van der Waals surface area contributed by atoms with Crippen LogP contribution in [0.4, 0.5) is 0 Å². The highest BCUT2D eigenvalue weighted by Crippen LogP contribution is 2.26. The zero-order valence-corrected chi connectivity index (χ0v) is 37.7. The minimum absolute atomic E-state index is 0.171. The topological polar surface area (TPSA) is 231 Å². The molecule has 4 unspecified atom stereocenters. The highest BCUT2D eigenvalue weighted by atomic mass is 16.7. The van der Waals surface area contributed by atoms with Gasteiger partial charge in [0.15, 0.2) is 18.7 Å². The normalized spacial score (nSPS) is 27.2. The van der Waals surface area contributed by atoms with E-state index in [9.17, 15) is 45.3 Å². The maximum Gasteiger partial charge on any atom is 0.306 e. The molecule has 2 aliphatic rings. The molecule has 0 aromatic rings. The van der Waals surface area contributed by atoms with Crippen LogP contribution in [-0.2, 0) is 38.0 Å². The Morgan fingerprint density at radius 2 is 0.836 bits per heavy atom. The van der Waals surface area contributed by atoms with Gasteiger partial charge in [-0.25, -0.2) is 0 Å². The molecular formula is C46H86O15. The Morgan fingerprint density at radius 3 is 1.28 bits per heavy atom. The van der Waals surface area contributed by atoms with Crippen LogP contribution >= 0.6 is 0 Å². The predicted octanol–water partition coefficient (Wildman–Crippen LogP) is 5.65. The predicted molar refractivity (Wildman–Crippen MR) is 229 cm³/mol. The first-order chi connectivity index (χ1) is 29.5. The lowest BCUT2D eigenvalue weighted by atomic mass is 9.98. The Kier molecular flexibility index (Phi) is 31.8. The van der Waals surface area contributed by atoms with E-state index in [-0.39, 0.29) is 26.1 Å². The maximum absolute atomic E-state index is 12.9. The molecule has 15 heteroatoms. The van der Waals surface area contributed by atoms with Crippen LogP contribution in [0.2, 0.25) is 0 Å². The van der Waals surface area contributed by atoms with Crippen LogP contribution in [0.5, 0.6) is 0 Å². The number of esters is 2. The van der Waals surface area contributed by atoms with Crippen LogP contribution in [0.1, 0.15) is 187 Å². The molecule has 0 radical (unpaired) electrons. The molecule has 0 amide bonds. The molecule has 2 aliphatic heterocycles. The van der Waals surface area contributed by atoms with E-state index in [1.807, 2.05) is 0 Å². The molecule has 15 nitrogen and oxygen atoms in total. The number of unbranched alkanes of at least 4 members (excludes halogenated alkanes) is 23. The van der Waals surface area contributed by atoms with Crippen molar-refractivity contribution < 1.29 is 73.8 Å². The SMILES string of the molecule is CCCCCCCCCCCCCCCCCCC(=O)OC[C@@H](CO[C@@H]1O[C@H](CO[C@@H]2O[C@H](CO)[C@H](O)C(O)C2O)[C@H](O)C(O)C1O)OC(=O)CCCCCCCCCCC. The third-order valence-corrected chi connectivity index (χ3v) is 11.8. The monoisotopic (exact) mass is 879 g/mol. The van der Waals surface area contributed by atoms with Gasteiger partial charge in [0.05, 0.1) is 19.8 Å². The number of ether oxygens (including phenoxy) is 6. The first-order valence-corrected chi connectivity index (χ1v) is 24.1. The Balaban J connectivity index is 1.80. The summed E-state index contributed by atoms with van der Waals surface area (Å²) >= 11 is 0. The van der Waals surface area contributed by atoms with Crippen molar-refractivity contribution in [3.8, 4) is 0 Å². The molecule has 0 aromatic heterocycles. The molecule has 2 saturated heterocycles. The van der Waals surface area contributed by atoms with Gasteiger partial charge in [0.25, 0.3) is 0 Å². The van der Waals surface area contributed by atoms with Crippen molar-refractivity contribution in [2.24, 2.45) is 0 Å². The van der Waals surface area contributed by atoms with Gasteiger partial charge in [-0.15, -0.1) is 0 Å². The fraction of sp³-hybridized carbons (Fsp3) is 0.957. The second kappa shape index (κ2) is 34.8. The summed E-state index contributed by atoms with van der Waals surface area (Å²) in [6, 6.07) is 0. The molecule has 2 rings (SSSR count). The van der Waals surface area contributed by atoms with E-state index in [0.29, 0.717) is 12.8 Å². The molecule has 2 heterocycles. The first-order valence-electron chi connectivity index (χ1n) is 24.1. The van der Waals surface area contributed by atoms with Crippen LogP contribution in [0, 0.1) is 0 Å². The first kappa shape index (κ1) is 55.6. The lowest BCUT2D eigenvalue weighted by Crippen LogP contribution is -2.61. The van der Waals surface area contributed by atoms with E-state index in [0.717, 1.165) is 38.5 Å². The summed E-state index contributed by atoms with van der Waals surface area (Å²) < 4.78 is 33.5. The van der Waals surface area contributed by atoms with Crippen molar-refractivity contribution >= 4 is 11.9 Å². The van der Waals surface area contributed by atoms with Crippen LogP contribution < -0.4 is 0 Å². The van der Waals surface area contributed by atoms with E-state index >= 15 is 0 Å². The Labute approximate surface area is 366 Å². The van der Waals surface area contributed by atoms with Crippen LogP contribution in [0.25, 0.3) is 0 Å². The summed E-state index contributed by atoms with van der Waals surface area (Å²) in [5.41, 5.74) is 0. The summed E-state index contributed by atoms with van der Waals surface area (Å²) in [6.07, 6.45) is 13.0. The molecule has 0 aliphatic carbocycles. The smallest absolute Gasteiger partial charge is 0.306 e. The summed E-state index contributed by atoms with van der Waals surface area (Å²) in [6.45, 7) is 2.57. The minimum atomic E-state index is -1.76. The van der Waals surface area contributed by atoms with Gasteiger partial charge in [0.2, 0.25) is 0 Å². The third-order valence-electron chi connectivity index (χ3n) is 11.8. The van der Waals surface area contributed by atoms with Crippen LogP contribution in [0.3, 0.4) is 0 Å². The molecule has 0 spiro atoms. The van der Waals surface area contributed by atoms with Gasteiger partial charge >= 0.3 is 11.9 Å². The van der Waals surface area contributed by atoms with Crippen LogP contribution in [0.15, 0.2) is 0 Å². The van der Waals surface area contributed by atoms with Crippen molar-refractivity contribution in [3.05, 3.63) is 0 Å². The molecule has 0 bridgehead atoms. The second-order valence-electron chi connectivity index (χ2n) is 17.3. The number of hydrogen-bond donors (Lipinski definition) is 7. The lowest BCUT2D eigenvalue weighted by Gasteiger charge is -2.42. The van der Waals surface area contributed by atoms with E-state index in [4.69, 9.17) is 28.4 Å². The zero-order valence-electron chi connectivity index (χ0n) is 37.7. The molecule has 61 heavy (non-hydrogen) atoms. The Hall–Kier alpha value is -1.50. The molecule has 11 atom stereocenters. The number of aliphatic hydroxyl groups excluding tert-OH is 7. The molecule has 7 N–H and O–H groups in total. The number of carbonyl (C=O) groups is 2. The van der Waals surface area contributed by atoms with E-state index in [1.165, 1.54) is 109 Å². The molecule has 2 fully saturated rings. The van der Waals surface area contributed by atoms with Gasteiger partial charge in [0.1, 0.15) is 55.4 Å². The van der Waals surface area contributed by atoms with Crippen molar-refractivity contribution in [2.75, 3.05) is 26.4 Å². The largest absolute Gasteiger partial charge is 0.462 e. The molecule has 0 aromatic carbocycles. The average molecular weight is 879 g/mol.